The van der Waals surface area contributed by atoms with E-state index in [0.29, 0.717) is 0 Å². The van der Waals surface area contributed by atoms with Crippen molar-refractivity contribution in [2.24, 2.45) is 10.2 Å². The van der Waals surface area contributed by atoms with Gasteiger partial charge in [-0.2, -0.15) is 19.0 Å². The molecule has 0 N–H and O–H groups in total. The first-order chi connectivity index (χ1) is 9.76. The number of para-hydroxylation sites is 1. The van der Waals surface area contributed by atoms with Gasteiger partial charge < -0.3 is 4.74 Å². The lowest BCUT2D eigenvalue weighted by atomic mass is 10.1. The zero-order valence-electron chi connectivity index (χ0n) is 12.0. The predicted octanol–water partition coefficient (Wildman–Crippen LogP) is 3.70. The summed E-state index contributed by atoms with van der Waals surface area (Å²) in [7, 11) is 0. The van der Waals surface area contributed by atoms with Crippen LogP contribution in [-0.4, -0.2) is 23.7 Å². The van der Waals surface area contributed by atoms with Gasteiger partial charge in [-0.05, 0) is 26.0 Å². The van der Waals surface area contributed by atoms with E-state index in [2.05, 4.69) is 15.0 Å². The topological polar surface area (TPSA) is 68.1 Å². The Bertz CT molecular complexity index is 545. The SMILES string of the molecule is CCC(F)(F)Oc1ccccc1N=NC(C(C)=O)C(C)=O. The van der Waals surface area contributed by atoms with Gasteiger partial charge in [-0.3, -0.25) is 9.59 Å². The van der Waals surface area contributed by atoms with E-state index < -0.39 is 30.1 Å². The number of azo groups is 1. The lowest BCUT2D eigenvalue weighted by molar-refractivity contribution is -0.177. The van der Waals surface area contributed by atoms with Gasteiger partial charge in [0, 0.05) is 6.42 Å². The van der Waals surface area contributed by atoms with Crippen molar-refractivity contribution in [3.05, 3.63) is 24.3 Å². The van der Waals surface area contributed by atoms with Gasteiger partial charge in [0.25, 0.3) is 0 Å². The van der Waals surface area contributed by atoms with Crippen LogP contribution >= 0.6 is 0 Å². The van der Waals surface area contributed by atoms with Gasteiger partial charge >= 0.3 is 6.11 Å². The Kier molecular flexibility index (Phi) is 5.63. The molecule has 114 valence electrons. The molecule has 5 nitrogen and oxygen atoms in total. The molecule has 21 heavy (non-hydrogen) atoms. The van der Waals surface area contributed by atoms with E-state index in [-0.39, 0.29) is 11.4 Å². The second-order valence-electron chi connectivity index (χ2n) is 4.40. The normalized spacial score (nSPS) is 11.9. The maximum Gasteiger partial charge on any atom is 0.397 e. The van der Waals surface area contributed by atoms with Gasteiger partial charge in [0.1, 0.15) is 5.69 Å². The molecule has 0 radical (unpaired) electrons. The summed E-state index contributed by atoms with van der Waals surface area (Å²) in [6, 6.07) is 4.55. The van der Waals surface area contributed by atoms with Crippen molar-refractivity contribution in [2.75, 3.05) is 0 Å². The molecule has 1 aromatic carbocycles. The molecule has 0 bridgehead atoms. The van der Waals surface area contributed by atoms with E-state index in [9.17, 15) is 18.4 Å². The number of ketones is 2. The Hall–Kier alpha value is -2.18. The van der Waals surface area contributed by atoms with Gasteiger partial charge in [0.05, 0.1) is 0 Å². The van der Waals surface area contributed by atoms with Crippen molar-refractivity contribution in [3.8, 4) is 5.75 Å². The standard InChI is InChI=1S/C14H16F2N2O3/c1-4-14(15,16)21-12-8-6-5-7-11(12)17-18-13(9(2)19)10(3)20/h5-8,13H,4H2,1-3H3. The van der Waals surface area contributed by atoms with Gasteiger partial charge in [-0.25, -0.2) is 0 Å². The van der Waals surface area contributed by atoms with Crippen molar-refractivity contribution in [1.82, 2.24) is 0 Å². The van der Waals surface area contributed by atoms with Crippen LogP contribution in [0, 0.1) is 0 Å². The molecule has 0 aliphatic heterocycles. The monoisotopic (exact) mass is 298 g/mol. The van der Waals surface area contributed by atoms with E-state index in [0.717, 1.165) is 0 Å². The zero-order chi connectivity index (χ0) is 16.0. The van der Waals surface area contributed by atoms with Crippen molar-refractivity contribution in [3.63, 3.8) is 0 Å². The number of carbonyl (C=O) groups excluding carboxylic acids is 2. The quantitative estimate of drug-likeness (QED) is 0.569. The highest BCUT2D eigenvalue weighted by Gasteiger charge is 2.29. The summed E-state index contributed by atoms with van der Waals surface area (Å²) in [6.45, 7) is 3.70. The summed E-state index contributed by atoms with van der Waals surface area (Å²) in [5.41, 5.74) is 0.0260. The molecule has 0 atom stereocenters. The average molecular weight is 298 g/mol. The molecule has 0 aromatic heterocycles. The number of Topliss-reactive ketones (excluding diaryl/α,β-unsaturated/α-hetero) is 2. The van der Waals surface area contributed by atoms with E-state index in [4.69, 9.17) is 0 Å². The van der Waals surface area contributed by atoms with Gasteiger partial charge in [0.2, 0.25) is 0 Å². The first-order valence-corrected chi connectivity index (χ1v) is 6.34. The Morgan fingerprint density at radius 3 is 2.33 bits per heavy atom. The fraction of sp³-hybridized carbons (Fsp3) is 0.429. The van der Waals surface area contributed by atoms with Gasteiger partial charge in [-0.15, -0.1) is 0 Å². The highest BCUT2D eigenvalue weighted by atomic mass is 19.3. The van der Waals surface area contributed by atoms with Crippen LogP contribution < -0.4 is 4.74 Å². The van der Waals surface area contributed by atoms with E-state index in [1.54, 1.807) is 6.07 Å². The number of rotatable bonds is 7. The van der Waals surface area contributed by atoms with Crippen molar-refractivity contribution >= 4 is 17.3 Å². The number of alkyl halides is 2. The minimum atomic E-state index is -3.33. The van der Waals surface area contributed by atoms with E-state index in [1.165, 1.54) is 39.0 Å². The molecule has 0 aliphatic rings. The number of halogens is 2. The minimum absolute atomic E-state index is 0.0260. The van der Waals surface area contributed by atoms with Crippen LogP contribution in [0.2, 0.25) is 0 Å². The number of hydrogen-bond acceptors (Lipinski definition) is 5. The third-order valence-electron chi connectivity index (χ3n) is 2.59. The minimum Gasteiger partial charge on any atom is -0.430 e. The molecular weight excluding hydrogens is 282 g/mol. The summed E-state index contributed by atoms with van der Waals surface area (Å²) in [5, 5.41) is 7.30. The Morgan fingerprint density at radius 1 is 1.24 bits per heavy atom. The summed E-state index contributed by atoms with van der Waals surface area (Å²) >= 11 is 0. The Balaban J connectivity index is 3.04. The highest BCUT2D eigenvalue weighted by Crippen LogP contribution is 2.33. The second-order valence-corrected chi connectivity index (χ2v) is 4.40. The van der Waals surface area contributed by atoms with Crippen molar-refractivity contribution in [2.45, 2.75) is 39.3 Å². The molecule has 0 fully saturated rings. The van der Waals surface area contributed by atoms with Crippen molar-refractivity contribution < 1.29 is 23.1 Å². The fourth-order valence-corrected chi connectivity index (χ4v) is 1.43. The van der Waals surface area contributed by atoms with E-state index in [1.807, 2.05) is 0 Å². The third kappa shape index (κ3) is 5.02. The summed E-state index contributed by atoms with van der Waals surface area (Å²) < 4.78 is 31.1. The number of carbonyl (C=O) groups is 2. The van der Waals surface area contributed by atoms with Crippen molar-refractivity contribution in [1.29, 1.82) is 0 Å². The lowest BCUT2D eigenvalue weighted by Crippen LogP contribution is -2.23. The molecule has 0 aliphatic carbocycles. The third-order valence-corrected chi connectivity index (χ3v) is 2.59. The maximum absolute atomic E-state index is 13.3. The molecule has 0 saturated heterocycles. The van der Waals surface area contributed by atoms with Crippen LogP contribution in [0.4, 0.5) is 14.5 Å². The molecule has 0 heterocycles. The summed E-state index contributed by atoms with van der Waals surface area (Å²) in [5.74, 6) is -1.11. The Morgan fingerprint density at radius 2 is 1.81 bits per heavy atom. The molecule has 0 saturated carbocycles. The molecule has 0 spiro atoms. The van der Waals surface area contributed by atoms with Crippen LogP contribution in [0.1, 0.15) is 27.2 Å². The lowest BCUT2D eigenvalue weighted by Gasteiger charge is -2.16. The molecule has 1 aromatic rings. The molecule has 1 rings (SSSR count). The number of hydrogen-bond donors (Lipinski definition) is 0. The second kappa shape index (κ2) is 7.01. The zero-order valence-corrected chi connectivity index (χ0v) is 12.0. The van der Waals surface area contributed by atoms with Crippen LogP contribution in [0.3, 0.4) is 0 Å². The molecular formula is C14H16F2N2O3. The average Bonchev–Trinajstić information content (AvgIpc) is 2.39. The first kappa shape index (κ1) is 16.9. The van der Waals surface area contributed by atoms with Crippen LogP contribution in [0.5, 0.6) is 5.75 Å². The number of ether oxygens (including phenoxy) is 1. The maximum atomic E-state index is 13.3. The predicted molar refractivity (Wildman–Crippen MR) is 72.0 cm³/mol. The van der Waals surface area contributed by atoms with E-state index >= 15 is 0 Å². The summed E-state index contributed by atoms with van der Waals surface area (Å²) in [6.07, 6.45) is -3.83. The van der Waals surface area contributed by atoms with Crippen LogP contribution in [0.15, 0.2) is 34.5 Å². The number of nitrogens with zero attached hydrogens (tertiary/aromatic N) is 2. The van der Waals surface area contributed by atoms with Crippen LogP contribution in [0.25, 0.3) is 0 Å². The summed E-state index contributed by atoms with van der Waals surface area (Å²) in [4.78, 5) is 22.5. The Labute approximate surface area is 121 Å². The molecule has 7 heteroatoms. The largest absolute Gasteiger partial charge is 0.430 e. The van der Waals surface area contributed by atoms with Gasteiger partial charge in [0.15, 0.2) is 23.4 Å². The van der Waals surface area contributed by atoms with Gasteiger partial charge in [-0.1, -0.05) is 19.1 Å². The molecule has 0 amide bonds. The first-order valence-electron chi connectivity index (χ1n) is 6.34. The molecule has 0 unspecified atom stereocenters. The van der Waals surface area contributed by atoms with Crippen LogP contribution in [-0.2, 0) is 9.59 Å². The highest BCUT2D eigenvalue weighted by molar-refractivity contribution is 6.04. The fourth-order valence-electron chi connectivity index (χ4n) is 1.43. The smallest absolute Gasteiger partial charge is 0.397 e. The number of benzene rings is 1.